The van der Waals surface area contributed by atoms with E-state index in [4.69, 9.17) is 5.73 Å². The molecule has 0 aliphatic rings. The molecular weight excluding hydrogens is 202 g/mol. The van der Waals surface area contributed by atoms with Gasteiger partial charge in [-0.3, -0.25) is 0 Å². The predicted octanol–water partition coefficient (Wildman–Crippen LogP) is 1.74. The molecule has 16 heavy (non-hydrogen) atoms. The number of hydrogen-bond acceptors (Lipinski definition) is 4. The van der Waals surface area contributed by atoms with E-state index in [0.717, 1.165) is 24.7 Å². The molecule has 0 saturated carbocycles. The molecule has 0 fully saturated rings. The van der Waals surface area contributed by atoms with Gasteiger partial charge in [0.05, 0.1) is 6.54 Å². The Balaban J connectivity index is 2.07. The molecule has 2 N–H and O–H groups in total. The van der Waals surface area contributed by atoms with Crippen molar-refractivity contribution in [1.29, 1.82) is 0 Å². The molecule has 0 spiro atoms. The van der Waals surface area contributed by atoms with E-state index in [-0.39, 0.29) is 0 Å². The van der Waals surface area contributed by atoms with Gasteiger partial charge in [-0.2, -0.15) is 0 Å². The molecule has 0 radical (unpaired) electrons. The fourth-order valence-corrected chi connectivity index (χ4v) is 1.71. The first-order chi connectivity index (χ1) is 7.74. The van der Waals surface area contributed by atoms with Crippen LogP contribution in [-0.4, -0.2) is 20.2 Å². The summed E-state index contributed by atoms with van der Waals surface area (Å²) >= 11 is 0. The van der Waals surface area contributed by atoms with Gasteiger partial charge in [0, 0.05) is 6.54 Å². The van der Waals surface area contributed by atoms with Gasteiger partial charge in [0.2, 0.25) is 0 Å². The van der Waals surface area contributed by atoms with E-state index in [2.05, 4.69) is 29.4 Å². The second kappa shape index (κ2) is 7.33. The van der Waals surface area contributed by atoms with E-state index in [1.54, 1.807) is 0 Å². The number of unbranched alkanes of at least 4 members (excludes halogenated alkanes) is 3. The molecule has 0 aliphatic carbocycles. The second-order valence-electron chi connectivity index (χ2n) is 4.62. The summed E-state index contributed by atoms with van der Waals surface area (Å²) in [6.07, 6.45) is 6.35. The number of rotatable bonds is 8. The minimum absolute atomic E-state index is 0.417. The first-order valence-electron chi connectivity index (χ1n) is 6.19. The van der Waals surface area contributed by atoms with Crippen molar-refractivity contribution in [2.75, 3.05) is 0 Å². The normalized spacial score (nSPS) is 11.2. The first-order valence-corrected chi connectivity index (χ1v) is 6.19. The van der Waals surface area contributed by atoms with E-state index in [9.17, 15) is 0 Å². The molecule has 0 aliphatic heterocycles. The molecule has 5 heteroatoms. The number of aromatic nitrogens is 4. The summed E-state index contributed by atoms with van der Waals surface area (Å²) in [7, 11) is 0. The van der Waals surface area contributed by atoms with Gasteiger partial charge in [0.1, 0.15) is 0 Å². The first kappa shape index (κ1) is 13.1. The quantitative estimate of drug-likeness (QED) is 0.684. The molecule has 1 rings (SSSR count). The SMILES string of the molecule is CC(C)CCCCCCn1nnnc1CN. The van der Waals surface area contributed by atoms with E-state index in [1.165, 1.54) is 25.7 Å². The maximum Gasteiger partial charge on any atom is 0.164 e. The van der Waals surface area contributed by atoms with Crippen LogP contribution < -0.4 is 5.73 Å². The molecule has 92 valence electrons. The highest BCUT2D eigenvalue weighted by Gasteiger charge is 2.02. The Morgan fingerprint density at radius 3 is 2.62 bits per heavy atom. The number of tetrazole rings is 1. The standard InChI is InChI=1S/C11H23N5/c1-10(2)7-5-3-4-6-8-16-11(9-12)13-14-15-16/h10H,3-9,12H2,1-2H3. The second-order valence-corrected chi connectivity index (χ2v) is 4.62. The van der Waals surface area contributed by atoms with Crippen LogP contribution in [0.25, 0.3) is 0 Å². The van der Waals surface area contributed by atoms with Crippen LogP contribution in [0.15, 0.2) is 0 Å². The monoisotopic (exact) mass is 225 g/mol. The van der Waals surface area contributed by atoms with Crippen molar-refractivity contribution in [3.8, 4) is 0 Å². The van der Waals surface area contributed by atoms with Crippen LogP contribution in [0.1, 0.15) is 51.8 Å². The summed E-state index contributed by atoms with van der Waals surface area (Å²) in [6.45, 7) is 5.85. The van der Waals surface area contributed by atoms with Crippen molar-refractivity contribution in [1.82, 2.24) is 20.2 Å². The Hall–Kier alpha value is -0.970. The maximum atomic E-state index is 5.52. The maximum absolute atomic E-state index is 5.52. The molecular formula is C11H23N5. The van der Waals surface area contributed by atoms with Gasteiger partial charge < -0.3 is 5.73 Å². The molecule has 5 nitrogen and oxygen atoms in total. The average Bonchev–Trinajstić information content (AvgIpc) is 2.70. The predicted molar refractivity (Wildman–Crippen MR) is 63.6 cm³/mol. The van der Waals surface area contributed by atoms with Gasteiger partial charge in [-0.15, -0.1) is 5.10 Å². The highest BCUT2D eigenvalue weighted by Crippen LogP contribution is 2.09. The van der Waals surface area contributed by atoms with Gasteiger partial charge in [-0.25, -0.2) is 4.68 Å². The van der Waals surface area contributed by atoms with Crippen molar-refractivity contribution in [2.24, 2.45) is 11.7 Å². The third-order valence-corrected chi connectivity index (χ3v) is 2.69. The molecule has 1 aromatic heterocycles. The van der Waals surface area contributed by atoms with E-state index < -0.39 is 0 Å². The van der Waals surface area contributed by atoms with E-state index in [1.807, 2.05) is 4.68 Å². The van der Waals surface area contributed by atoms with Crippen molar-refractivity contribution in [2.45, 2.75) is 59.0 Å². The molecule has 0 bridgehead atoms. The minimum atomic E-state index is 0.417. The topological polar surface area (TPSA) is 69.6 Å². The highest BCUT2D eigenvalue weighted by atomic mass is 15.5. The van der Waals surface area contributed by atoms with Crippen LogP contribution in [0.2, 0.25) is 0 Å². The summed E-state index contributed by atoms with van der Waals surface area (Å²) in [4.78, 5) is 0. The third-order valence-electron chi connectivity index (χ3n) is 2.69. The smallest absolute Gasteiger partial charge is 0.164 e. The fraction of sp³-hybridized carbons (Fsp3) is 0.909. The summed E-state index contributed by atoms with van der Waals surface area (Å²) in [5.74, 6) is 1.60. The number of aryl methyl sites for hydroxylation is 1. The lowest BCUT2D eigenvalue weighted by atomic mass is 10.0. The Morgan fingerprint density at radius 2 is 1.94 bits per heavy atom. The Bertz CT molecular complexity index is 282. The summed E-state index contributed by atoms with van der Waals surface area (Å²) in [5.41, 5.74) is 5.52. The Labute approximate surface area is 97.4 Å². The lowest BCUT2D eigenvalue weighted by Crippen LogP contribution is -2.10. The van der Waals surface area contributed by atoms with Crippen LogP contribution in [0.3, 0.4) is 0 Å². The van der Waals surface area contributed by atoms with Gasteiger partial charge in [0.15, 0.2) is 5.82 Å². The molecule has 0 unspecified atom stereocenters. The zero-order valence-electron chi connectivity index (χ0n) is 10.4. The molecule has 0 aromatic carbocycles. The Morgan fingerprint density at radius 1 is 1.19 bits per heavy atom. The summed E-state index contributed by atoms with van der Waals surface area (Å²) in [5, 5.41) is 11.4. The van der Waals surface area contributed by atoms with Crippen LogP contribution in [0, 0.1) is 5.92 Å². The van der Waals surface area contributed by atoms with Crippen LogP contribution >= 0.6 is 0 Å². The molecule has 1 aromatic rings. The average molecular weight is 225 g/mol. The number of hydrogen-bond donors (Lipinski definition) is 1. The van der Waals surface area contributed by atoms with Gasteiger partial charge in [0.25, 0.3) is 0 Å². The minimum Gasteiger partial charge on any atom is -0.324 e. The molecule has 0 saturated heterocycles. The highest BCUT2D eigenvalue weighted by molar-refractivity contribution is 4.77. The van der Waals surface area contributed by atoms with Crippen molar-refractivity contribution in [3.63, 3.8) is 0 Å². The molecule has 0 atom stereocenters. The van der Waals surface area contributed by atoms with E-state index in [0.29, 0.717) is 6.54 Å². The largest absolute Gasteiger partial charge is 0.324 e. The molecule has 0 amide bonds. The van der Waals surface area contributed by atoms with Gasteiger partial charge in [-0.05, 0) is 22.8 Å². The van der Waals surface area contributed by atoms with Crippen LogP contribution in [0.4, 0.5) is 0 Å². The summed E-state index contributed by atoms with van der Waals surface area (Å²) < 4.78 is 1.81. The third kappa shape index (κ3) is 4.70. The Kier molecular flexibility index (Phi) is 6.00. The van der Waals surface area contributed by atoms with Crippen molar-refractivity contribution >= 4 is 0 Å². The van der Waals surface area contributed by atoms with Crippen molar-refractivity contribution in [3.05, 3.63) is 5.82 Å². The lowest BCUT2D eigenvalue weighted by Gasteiger charge is -2.05. The van der Waals surface area contributed by atoms with Crippen molar-refractivity contribution < 1.29 is 0 Å². The zero-order chi connectivity index (χ0) is 11.8. The molecule has 1 heterocycles. The van der Waals surface area contributed by atoms with Crippen LogP contribution in [-0.2, 0) is 13.1 Å². The van der Waals surface area contributed by atoms with Crippen LogP contribution in [0.5, 0.6) is 0 Å². The number of nitrogens with two attached hydrogens (primary N) is 1. The van der Waals surface area contributed by atoms with Gasteiger partial charge >= 0.3 is 0 Å². The zero-order valence-corrected chi connectivity index (χ0v) is 10.4. The lowest BCUT2D eigenvalue weighted by molar-refractivity contribution is 0.482. The van der Waals surface area contributed by atoms with Gasteiger partial charge in [-0.1, -0.05) is 39.5 Å². The summed E-state index contributed by atoms with van der Waals surface area (Å²) in [6, 6.07) is 0. The van der Waals surface area contributed by atoms with E-state index >= 15 is 0 Å². The number of nitrogens with zero attached hydrogens (tertiary/aromatic N) is 4. The fourth-order valence-electron chi connectivity index (χ4n) is 1.71.